The molecule has 0 amide bonds. The largest absolute Gasteiger partial charge is 0.508 e. The third-order valence-electron chi connectivity index (χ3n) is 4.99. The molecule has 1 heterocycles. The fourth-order valence-corrected chi connectivity index (χ4v) is 3.58. The van der Waals surface area contributed by atoms with Gasteiger partial charge in [-0.15, -0.1) is 0 Å². The van der Waals surface area contributed by atoms with Crippen molar-refractivity contribution in [3.05, 3.63) is 64.2 Å². The number of phenolic OH excluding ortho intramolecular Hbond substituents is 1. The maximum Gasteiger partial charge on any atom is 0.411 e. The van der Waals surface area contributed by atoms with E-state index in [0.717, 1.165) is 5.56 Å². The van der Waals surface area contributed by atoms with Gasteiger partial charge < -0.3 is 29.9 Å². The van der Waals surface area contributed by atoms with Crippen LogP contribution in [-0.2, 0) is 15.9 Å². The minimum absolute atomic E-state index is 0.119. The number of rotatable bonds is 6. The highest BCUT2D eigenvalue weighted by molar-refractivity contribution is 6.31. The molecule has 2 aromatic carbocycles. The third-order valence-corrected chi connectivity index (χ3v) is 5.36. The van der Waals surface area contributed by atoms with Gasteiger partial charge in [0, 0.05) is 5.02 Å². The van der Waals surface area contributed by atoms with Crippen molar-refractivity contribution in [2.45, 2.75) is 43.1 Å². The molecule has 170 valence electrons. The van der Waals surface area contributed by atoms with Crippen LogP contribution >= 0.6 is 11.6 Å². The Morgan fingerprint density at radius 3 is 2.29 bits per heavy atom. The predicted molar refractivity (Wildman–Crippen MR) is 105 cm³/mol. The van der Waals surface area contributed by atoms with Crippen LogP contribution in [0.5, 0.6) is 5.75 Å². The molecule has 0 bridgehead atoms. The molecule has 1 fully saturated rings. The minimum atomic E-state index is -4.55. The van der Waals surface area contributed by atoms with Crippen LogP contribution in [0.3, 0.4) is 0 Å². The smallest absolute Gasteiger partial charge is 0.411 e. The van der Waals surface area contributed by atoms with Gasteiger partial charge in [0.15, 0.2) is 0 Å². The Morgan fingerprint density at radius 2 is 1.65 bits per heavy atom. The molecule has 0 unspecified atom stereocenters. The third kappa shape index (κ3) is 6.09. The van der Waals surface area contributed by atoms with Crippen LogP contribution < -0.4 is 0 Å². The zero-order valence-corrected chi connectivity index (χ0v) is 16.9. The summed E-state index contributed by atoms with van der Waals surface area (Å²) in [5.74, 6) is 0.119. The zero-order chi connectivity index (χ0) is 22.8. The van der Waals surface area contributed by atoms with E-state index in [9.17, 15) is 33.6 Å². The van der Waals surface area contributed by atoms with Crippen molar-refractivity contribution >= 4 is 11.6 Å². The van der Waals surface area contributed by atoms with E-state index < -0.39 is 49.9 Å². The Hall–Kier alpha value is -1.88. The maximum absolute atomic E-state index is 12.3. The van der Waals surface area contributed by atoms with E-state index in [1.807, 2.05) is 0 Å². The quantitative estimate of drug-likeness (QED) is 0.527. The van der Waals surface area contributed by atoms with Gasteiger partial charge in [-0.1, -0.05) is 35.9 Å². The molecule has 31 heavy (non-hydrogen) atoms. The van der Waals surface area contributed by atoms with Gasteiger partial charge in [0.25, 0.3) is 0 Å². The summed E-state index contributed by atoms with van der Waals surface area (Å²) in [7, 11) is 0. The second kappa shape index (κ2) is 9.72. The SMILES string of the molecule is Oc1ccc(Cc2cc([C@@H]3O[C@H](COCC(F)(F)F)[C@@H](O)[C@@H](O)[C@H]3O)ccc2Cl)cc1. The molecule has 0 radical (unpaired) electrons. The summed E-state index contributed by atoms with van der Waals surface area (Å²) in [6, 6.07) is 11.3. The molecule has 0 aliphatic carbocycles. The summed E-state index contributed by atoms with van der Waals surface area (Å²) in [5.41, 5.74) is 1.96. The van der Waals surface area contributed by atoms with Gasteiger partial charge in [-0.05, 0) is 41.3 Å². The second-order valence-corrected chi connectivity index (χ2v) is 7.80. The lowest BCUT2D eigenvalue weighted by atomic mass is 9.90. The molecule has 3 rings (SSSR count). The first-order valence-corrected chi connectivity index (χ1v) is 9.83. The highest BCUT2D eigenvalue weighted by Gasteiger charge is 2.44. The van der Waals surface area contributed by atoms with E-state index in [1.165, 1.54) is 12.1 Å². The van der Waals surface area contributed by atoms with Crippen LogP contribution in [0.2, 0.25) is 5.02 Å². The summed E-state index contributed by atoms with van der Waals surface area (Å²) in [6.07, 6.45) is -11.3. The van der Waals surface area contributed by atoms with E-state index in [4.69, 9.17) is 16.3 Å². The first-order valence-electron chi connectivity index (χ1n) is 9.45. The first-order chi connectivity index (χ1) is 14.5. The maximum atomic E-state index is 12.3. The van der Waals surface area contributed by atoms with Gasteiger partial charge in [0.2, 0.25) is 0 Å². The average molecular weight is 463 g/mol. The number of aliphatic hydroxyl groups is 3. The Balaban J connectivity index is 1.78. The number of halogens is 4. The van der Waals surface area contributed by atoms with Gasteiger partial charge in [-0.3, -0.25) is 0 Å². The van der Waals surface area contributed by atoms with Crippen molar-refractivity contribution in [2.24, 2.45) is 0 Å². The molecule has 10 heteroatoms. The van der Waals surface area contributed by atoms with Gasteiger partial charge in [-0.25, -0.2) is 0 Å². The Kier molecular flexibility index (Phi) is 7.46. The van der Waals surface area contributed by atoms with Crippen molar-refractivity contribution < 1.29 is 43.1 Å². The van der Waals surface area contributed by atoms with Crippen molar-refractivity contribution in [3.63, 3.8) is 0 Å². The van der Waals surface area contributed by atoms with Gasteiger partial charge >= 0.3 is 6.18 Å². The number of aliphatic hydroxyl groups excluding tert-OH is 3. The summed E-state index contributed by atoms with van der Waals surface area (Å²) >= 11 is 6.28. The number of hydrogen-bond donors (Lipinski definition) is 4. The van der Waals surface area contributed by atoms with E-state index in [-0.39, 0.29) is 5.75 Å². The lowest BCUT2D eigenvalue weighted by molar-refractivity contribution is -0.244. The van der Waals surface area contributed by atoms with E-state index in [2.05, 4.69) is 4.74 Å². The molecule has 5 atom stereocenters. The monoisotopic (exact) mass is 462 g/mol. The van der Waals surface area contributed by atoms with Crippen LogP contribution in [0.15, 0.2) is 42.5 Å². The van der Waals surface area contributed by atoms with Gasteiger partial charge in [0.1, 0.15) is 42.9 Å². The molecular weight excluding hydrogens is 441 g/mol. The topological polar surface area (TPSA) is 99.4 Å². The molecule has 1 saturated heterocycles. The van der Waals surface area contributed by atoms with Crippen molar-refractivity contribution in [2.75, 3.05) is 13.2 Å². The van der Waals surface area contributed by atoms with Crippen LogP contribution in [0.25, 0.3) is 0 Å². The van der Waals surface area contributed by atoms with Gasteiger partial charge in [0.05, 0.1) is 6.61 Å². The summed E-state index contributed by atoms with van der Waals surface area (Å²) < 4.78 is 47.2. The molecule has 0 saturated carbocycles. The highest BCUT2D eigenvalue weighted by Crippen LogP contribution is 2.35. The van der Waals surface area contributed by atoms with E-state index in [0.29, 0.717) is 22.6 Å². The van der Waals surface area contributed by atoms with Crippen molar-refractivity contribution in [1.82, 2.24) is 0 Å². The number of hydrogen-bond acceptors (Lipinski definition) is 6. The fourth-order valence-electron chi connectivity index (χ4n) is 3.40. The van der Waals surface area contributed by atoms with Crippen molar-refractivity contribution in [3.8, 4) is 5.75 Å². The normalized spacial score (nSPS) is 26.7. The molecule has 2 aromatic rings. The Bertz CT molecular complexity index is 876. The fraction of sp³-hybridized carbons (Fsp3) is 0.429. The summed E-state index contributed by atoms with van der Waals surface area (Å²) in [6.45, 7) is -2.14. The van der Waals surface area contributed by atoms with Crippen LogP contribution in [0.4, 0.5) is 13.2 Å². The van der Waals surface area contributed by atoms with Gasteiger partial charge in [-0.2, -0.15) is 13.2 Å². The molecule has 1 aliphatic heterocycles. The second-order valence-electron chi connectivity index (χ2n) is 7.39. The number of benzene rings is 2. The van der Waals surface area contributed by atoms with Crippen LogP contribution in [0.1, 0.15) is 22.8 Å². The van der Waals surface area contributed by atoms with Crippen LogP contribution in [-0.4, -0.2) is 64.2 Å². The molecular formula is C21H22ClF3O6. The number of phenols is 1. The molecule has 6 nitrogen and oxygen atoms in total. The Labute approximate surface area is 181 Å². The number of alkyl halides is 3. The summed E-state index contributed by atoms with van der Waals surface area (Å²) in [5, 5.41) is 40.5. The predicted octanol–water partition coefficient (Wildman–Crippen LogP) is 2.74. The zero-order valence-electron chi connectivity index (χ0n) is 16.2. The minimum Gasteiger partial charge on any atom is -0.508 e. The number of ether oxygens (including phenoxy) is 2. The standard InChI is InChI=1S/C21H22ClF3O6/c22-15-6-3-12(8-13(15)7-11-1-4-14(26)5-2-11)20-19(29)18(28)17(27)16(31-20)9-30-10-21(23,24)25/h1-6,8,16-20,26-29H,7,9-10H2/t16-,17-,18-,19-,20+/m1/s1. The molecule has 0 spiro atoms. The number of aromatic hydroxyl groups is 1. The lowest BCUT2D eigenvalue weighted by Crippen LogP contribution is -2.55. The highest BCUT2D eigenvalue weighted by atomic mass is 35.5. The van der Waals surface area contributed by atoms with E-state index in [1.54, 1.807) is 30.3 Å². The van der Waals surface area contributed by atoms with Crippen LogP contribution in [0, 0.1) is 0 Å². The van der Waals surface area contributed by atoms with E-state index >= 15 is 0 Å². The molecule has 4 N–H and O–H groups in total. The molecule has 0 aromatic heterocycles. The first kappa shape index (κ1) is 23.8. The Morgan fingerprint density at radius 1 is 0.968 bits per heavy atom. The summed E-state index contributed by atoms with van der Waals surface area (Å²) in [4.78, 5) is 0. The van der Waals surface area contributed by atoms with Crippen molar-refractivity contribution in [1.29, 1.82) is 0 Å². The lowest BCUT2D eigenvalue weighted by Gasteiger charge is -2.41. The molecule has 1 aliphatic rings. The average Bonchev–Trinajstić information content (AvgIpc) is 2.70.